The lowest BCUT2D eigenvalue weighted by molar-refractivity contribution is -0.120. The third-order valence-corrected chi connectivity index (χ3v) is 1.55. The molecule has 1 atom stereocenters. The molecule has 4 heteroatoms. The average Bonchev–Trinajstić information content (AvgIpc) is 1.98. The first-order chi connectivity index (χ1) is 4.13. The summed E-state index contributed by atoms with van der Waals surface area (Å²) in [4.78, 5) is 12.3. The van der Waals surface area contributed by atoms with E-state index in [4.69, 9.17) is 5.41 Å². The van der Waals surface area contributed by atoms with Crippen LogP contribution in [-0.4, -0.2) is 29.9 Å². The van der Waals surface area contributed by atoms with E-state index in [0.29, 0.717) is 0 Å². The standard InChI is InChI=1S/C5H9N3O/c1-3-4(9)7-5(6)8(3)2/h3H,1-2H3,(H2,6,7,9). The monoisotopic (exact) mass is 127 g/mol. The van der Waals surface area contributed by atoms with Crippen LogP contribution < -0.4 is 5.32 Å². The number of likely N-dealkylation sites (N-methyl/N-ethyl adjacent to an activating group) is 1. The molecule has 1 rings (SSSR count). The molecule has 1 fully saturated rings. The zero-order chi connectivity index (χ0) is 7.02. The number of carbonyl (C=O) groups is 1. The molecule has 1 aliphatic rings. The largest absolute Gasteiger partial charge is 0.334 e. The van der Waals surface area contributed by atoms with E-state index in [0.717, 1.165) is 0 Å². The van der Waals surface area contributed by atoms with Gasteiger partial charge in [0.05, 0.1) is 0 Å². The third-order valence-electron chi connectivity index (χ3n) is 1.55. The van der Waals surface area contributed by atoms with Gasteiger partial charge in [0.2, 0.25) is 5.91 Å². The minimum absolute atomic E-state index is 0.0949. The quantitative estimate of drug-likeness (QED) is 0.455. The molecule has 1 aliphatic heterocycles. The van der Waals surface area contributed by atoms with Crippen LogP contribution in [0.4, 0.5) is 0 Å². The predicted octanol–water partition coefficient (Wildman–Crippen LogP) is -0.629. The van der Waals surface area contributed by atoms with Crippen molar-refractivity contribution in [2.24, 2.45) is 0 Å². The molecular weight excluding hydrogens is 118 g/mol. The lowest BCUT2D eigenvalue weighted by Crippen LogP contribution is -2.28. The van der Waals surface area contributed by atoms with Gasteiger partial charge in [0.15, 0.2) is 5.96 Å². The van der Waals surface area contributed by atoms with Gasteiger partial charge in [-0.3, -0.25) is 15.5 Å². The summed E-state index contributed by atoms with van der Waals surface area (Å²) < 4.78 is 0. The fourth-order valence-electron chi connectivity index (χ4n) is 0.679. The van der Waals surface area contributed by atoms with Crippen LogP contribution in [-0.2, 0) is 4.79 Å². The molecule has 1 unspecified atom stereocenters. The van der Waals surface area contributed by atoms with Gasteiger partial charge in [0.25, 0.3) is 0 Å². The van der Waals surface area contributed by atoms with E-state index in [1.54, 1.807) is 18.9 Å². The molecule has 0 aromatic rings. The molecule has 0 saturated carbocycles. The molecule has 0 aromatic heterocycles. The van der Waals surface area contributed by atoms with Crippen LogP contribution in [0.3, 0.4) is 0 Å². The Labute approximate surface area is 53.3 Å². The van der Waals surface area contributed by atoms with Crippen molar-refractivity contribution in [3.05, 3.63) is 0 Å². The van der Waals surface area contributed by atoms with Crippen molar-refractivity contribution in [2.45, 2.75) is 13.0 Å². The van der Waals surface area contributed by atoms with Gasteiger partial charge in [-0.15, -0.1) is 0 Å². The minimum atomic E-state index is -0.183. The van der Waals surface area contributed by atoms with Crippen molar-refractivity contribution in [3.8, 4) is 0 Å². The van der Waals surface area contributed by atoms with Crippen LogP contribution in [0.5, 0.6) is 0 Å². The summed E-state index contributed by atoms with van der Waals surface area (Å²) in [6.45, 7) is 1.76. The number of guanidine groups is 1. The maximum Gasteiger partial charge on any atom is 0.249 e. The van der Waals surface area contributed by atoms with Gasteiger partial charge in [-0.2, -0.15) is 0 Å². The number of carbonyl (C=O) groups excluding carboxylic acids is 1. The van der Waals surface area contributed by atoms with Crippen molar-refractivity contribution in [2.75, 3.05) is 7.05 Å². The molecule has 50 valence electrons. The van der Waals surface area contributed by atoms with Gasteiger partial charge in [-0.25, -0.2) is 0 Å². The molecule has 2 N–H and O–H groups in total. The van der Waals surface area contributed by atoms with E-state index < -0.39 is 0 Å². The van der Waals surface area contributed by atoms with Crippen molar-refractivity contribution < 1.29 is 4.79 Å². The highest BCUT2D eigenvalue weighted by atomic mass is 16.2. The molecule has 1 amide bonds. The summed E-state index contributed by atoms with van der Waals surface area (Å²) in [6.07, 6.45) is 0. The Kier molecular flexibility index (Phi) is 1.16. The first-order valence-corrected chi connectivity index (χ1v) is 2.75. The number of rotatable bonds is 0. The van der Waals surface area contributed by atoms with Crippen LogP contribution in [0.1, 0.15) is 6.92 Å². The summed E-state index contributed by atoms with van der Waals surface area (Å²) >= 11 is 0. The van der Waals surface area contributed by atoms with Crippen LogP contribution >= 0.6 is 0 Å². The van der Waals surface area contributed by atoms with Gasteiger partial charge in [0, 0.05) is 7.05 Å². The second kappa shape index (κ2) is 1.72. The minimum Gasteiger partial charge on any atom is -0.334 e. The lowest BCUT2D eigenvalue weighted by Gasteiger charge is -2.11. The highest BCUT2D eigenvalue weighted by Crippen LogP contribution is 2.01. The maximum absolute atomic E-state index is 10.7. The van der Waals surface area contributed by atoms with E-state index in [-0.39, 0.29) is 17.9 Å². The topological polar surface area (TPSA) is 56.2 Å². The third kappa shape index (κ3) is 0.759. The molecule has 0 bridgehead atoms. The lowest BCUT2D eigenvalue weighted by atomic mass is 10.3. The average molecular weight is 127 g/mol. The highest BCUT2D eigenvalue weighted by molar-refractivity contribution is 6.04. The van der Waals surface area contributed by atoms with Gasteiger partial charge >= 0.3 is 0 Å². The Morgan fingerprint density at radius 3 is 2.44 bits per heavy atom. The summed E-state index contributed by atoms with van der Waals surface area (Å²) in [6, 6.07) is -0.183. The fraction of sp³-hybridized carbons (Fsp3) is 0.600. The summed E-state index contributed by atoms with van der Waals surface area (Å²) in [7, 11) is 1.71. The molecule has 0 aliphatic carbocycles. The Hall–Kier alpha value is -1.06. The van der Waals surface area contributed by atoms with Gasteiger partial charge in [-0.05, 0) is 6.92 Å². The first kappa shape index (κ1) is 6.07. The van der Waals surface area contributed by atoms with Crippen molar-refractivity contribution >= 4 is 11.9 Å². The number of nitrogens with one attached hydrogen (secondary N) is 2. The summed E-state index contributed by atoms with van der Waals surface area (Å²) in [5.41, 5.74) is 0. The SMILES string of the molecule is CC1C(=O)NC(=N)N1C. The van der Waals surface area contributed by atoms with Crippen LogP contribution in [0.2, 0.25) is 0 Å². The Balaban J connectivity index is 2.77. The zero-order valence-corrected chi connectivity index (χ0v) is 5.43. The number of hydrogen-bond donors (Lipinski definition) is 2. The van der Waals surface area contributed by atoms with E-state index in [2.05, 4.69) is 5.32 Å². The van der Waals surface area contributed by atoms with Gasteiger partial charge < -0.3 is 4.90 Å². The van der Waals surface area contributed by atoms with E-state index >= 15 is 0 Å². The van der Waals surface area contributed by atoms with Crippen molar-refractivity contribution in [1.82, 2.24) is 10.2 Å². The predicted molar refractivity (Wildman–Crippen MR) is 33.1 cm³/mol. The molecule has 1 heterocycles. The molecule has 0 radical (unpaired) electrons. The van der Waals surface area contributed by atoms with Crippen molar-refractivity contribution in [1.29, 1.82) is 5.41 Å². The number of nitrogens with zero attached hydrogens (tertiary/aromatic N) is 1. The molecule has 0 aromatic carbocycles. The van der Waals surface area contributed by atoms with Crippen molar-refractivity contribution in [3.63, 3.8) is 0 Å². The maximum atomic E-state index is 10.7. The zero-order valence-electron chi connectivity index (χ0n) is 5.43. The molecule has 0 spiro atoms. The van der Waals surface area contributed by atoms with Gasteiger partial charge in [-0.1, -0.05) is 0 Å². The number of amides is 1. The van der Waals surface area contributed by atoms with Crippen LogP contribution in [0.15, 0.2) is 0 Å². The fourth-order valence-corrected chi connectivity index (χ4v) is 0.679. The highest BCUT2D eigenvalue weighted by Gasteiger charge is 2.28. The van der Waals surface area contributed by atoms with E-state index in [1.807, 2.05) is 0 Å². The second-order valence-electron chi connectivity index (χ2n) is 2.12. The smallest absolute Gasteiger partial charge is 0.249 e. The van der Waals surface area contributed by atoms with Gasteiger partial charge in [0.1, 0.15) is 6.04 Å². The van der Waals surface area contributed by atoms with E-state index in [9.17, 15) is 4.79 Å². The molecule has 4 nitrogen and oxygen atoms in total. The summed E-state index contributed by atoms with van der Waals surface area (Å²) in [5.74, 6) is 0.0926. The molecule has 1 saturated heterocycles. The Morgan fingerprint density at radius 2 is 2.33 bits per heavy atom. The van der Waals surface area contributed by atoms with Crippen LogP contribution in [0.25, 0.3) is 0 Å². The molecule has 9 heavy (non-hydrogen) atoms. The normalized spacial score (nSPS) is 26.9. The number of hydrogen-bond acceptors (Lipinski definition) is 2. The van der Waals surface area contributed by atoms with Crippen LogP contribution in [0, 0.1) is 5.41 Å². The summed E-state index contributed by atoms with van der Waals surface area (Å²) in [5, 5.41) is 9.50. The molecular formula is C5H9N3O. The van der Waals surface area contributed by atoms with E-state index in [1.165, 1.54) is 0 Å². The first-order valence-electron chi connectivity index (χ1n) is 2.75. The second-order valence-corrected chi connectivity index (χ2v) is 2.12. The Morgan fingerprint density at radius 1 is 1.78 bits per heavy atom. The Bertz CT molecular complexity index is 148.